The Morgan fingerprint density at radius 3 is 3.04 bits per heavy atom. The van der Waals surface area contributed by atoms with Gasteiger partial charge in [0, 0.05) is 30.6 Å². The lowest BCUT2D eigenvalue weighted by Gasteiger charge is -2.29. The topological polar surface area (TPSA) is 94.6 Å². The standard InChI is InChI=1S/C15H15ClN4O3/c16-11-3-1-2-9-6-10(7-18-15(22)23)14(19-13(9)11)20-5-4-17-12(21)8-20/h1-3,6,18H,4-5,7-8H2,(H,17,21)(H,22,23). The van der Waals surface area contributed by atoms with Crippen LogP contribution in [0.1, 0.15) is 5.56 Å². The lowest BCUT2D eigenvalue weighted by molar-refractivity contribution is -0.120. The predicted octanol–water partition coefficient (Wildman–Crippen LogP) is 1.59. The first-order chi connectivity index (χ1) is 11.0. The van der Waals surface area contributed by atoms with Crippen molar-refractivity contribution < 1.29 is 14.7 Å². The normalized spacial score (nSPS) is 14.7. The molecule has 0 bridgehead atoms. The highest BCUT2D eigenvalue weighted by atomic mass is 35.5. The molecule has 2 aromatic rings. The molecule has 1 aromatic carbocycles. The second-order valence-electron chi connectivity index (χ2n) is 5.21. The number of carbonyl (C=O) groups excluding carboxylic acids is 1. The number of hydrogen-bond acceptors (Lipinski definition) is 4. The number of rotatable bonds is 3. The first kappa shape index (κ1) is 15.4. The molecular formula is C15H15ClN4O3. The third-order valence-corrected chi connectivity index (χ3v) is 3.93. The van der Waals surface area contributed by atoms with Crippen LogP contribution in [0.15, 0.2) is 24.3 Å². The molecule has 3 N–H and O–H groups in total. The van der Waals surface area contributed by atoms with E-state index >= 15 is 0 Å². The average Bonchev–Trinajstić information content (AvgIpc) is 2.52. The van der Waals surface area contributed by atoms with E-state index in [1.54, 1.807) is 6.07 Å². The Labute approximate surface area is 137 Å². The summed E-state index contributed by atoms with van der Waals surface area (Å²) in [5.41, 5.74) is 1.34. The van der Waals surface area contributed by atoms with Crippen LogP contribution < -0.4 is 15.5 Å². The molecule has 23 heavy (non-hydrogen) atoms. The van der Waals surface area contributed by atoms with Crippen LogP contribution >= 0.6 is 11.6 Å². The predicted molar refractivity (Wildman–Crippen MR) is 86.8 cm³/mol. The van der Waals surface area contributed by atoms with Crippen molar-refractivity contribution in [1.29, 1.82) is 0 Å². The van der Waals surface area contributed by atoms with Crippen molar-refractivity contribution in [3.8, 4) is 0 Å². The first-order valence-corrected chi connectivity index (χ1v) is 7.49. The van der Waals surface area contributed by atoms with Gasteiger partial charge in [-0.15, -0.1) is 0 Å². The number of nitrogens with one attached hydrogen (secondary N) is 2. The summed E-state index contributed by atoms with van der Waals surface area (Å²) in [4.78, 5) is 28.9. The van der Waals surface area contributed by atoms with Crippen molar-refractivity contribution in [2.45, 2.75) is 6.54 Å². The van der Waals surface area contributed by atoms with Crippen LogP contribution in [0, 0.1) is 0 Å². The van der Waals surface area contributed by atoms with Crippen LogP contribution in [0.3, 0.4) is 0 Å². The van der Waals surface area contributed by atoms with Crippen LogP contribution in [0.5, 0.6) is 0 Å². The van der Waals surface area contributed by atoms with Crippen molar-refractivity contribution in [3.63, 3.8) is 0 Å². The molecule has 0 saturated carbocycles. The monoisotopic (exact) mass is 334 g/mol. The second kappa shape index (κ2) is 6.29. The summed E-state index contributed by atoms with van der Waals surface area (Å²) in [6.45, 7) is 1.42. The quantitative estimate of drug-likeness (QED) is 0.792. The largest absolute Gasteiger partial charge is 0.465 e. The highest BCUT2D eigenvalue weighted by molar-refractivity contribution is 6.35. The summed E-state index contributed by atoms with van der Waals surface area (Å²) in [6, 6.07) is 7.28. The van der Waals surface area contributed by atoms with E-state index < -0.39 is 6.09 Å². The summed E-state index contributed by atoms with van der Waals surface area (Å²) < 4.78 is 0. The van der Waals surface area contributed by atoms with E-state index in [1.165, 1.54) is 0 Å². The summed E-state index contributed by atoms with van der Waals surface area (Å²) in [5, 5.41) is 15.3. The molecule has 0 unspecified atom stereocenters. The molecule has 1 aliphatic heterocycles. The Kier molecular flexibility index (Phi) is 4.20. The minimum Gasteiger partial charge on any atom is -0.465 e. The smallest absolute Gasteiger partial charge is 0.404 e. The van der Waals surface area contributed by atoms with E-state index in [1.807, 2.05) is 23.1 Å². The summed E-state index contributed by atoms with van der Waals surface area (Å²) in [7, 11) is 0. The van der Waals surface area contributed by atoms with Crippen molar-refractivity contribution in [2.75, 3.05) is 24.5 Å². The van der Waals surface area contributed by atoms with Gasteiger partial charge in [0.25, 0.3) is 0 Å². The minimum atomic E-state index is -1.11. The molecule has 0 spiro atoms. The molecule has 1 aromatic heterocycles. The minimum absolute atomic E-state index is 0.0885. The molecule has 2 heterocycles. The van der Waals surface area contributed by atoms with Gasteiger partial charge in [-0.1, -0.05) is 23.7 Å². The van der Waals surface area contributed by atoms with Gasteiger partial charge in [0.2, 0.25) is 5.91 Å². The van der Waals surface area contributed by atoms with Crippen LogP contribution in [0.25, 0.3) is 10.9 Å². The van der Waals surface area contributed by atoms with Crippen LogP contribution in [-0.4, -0.2) is 41.7 Å². The van der Waals surface area contributed by atoms with Crippen molar-refractivity contribution in [3.05, 3.63) is 34.9 Å². The molecule has 120 valence electrons. The number of pyridine rings is 1. The Hall–Kier alpha value is -2.54. The zero-order valence-electron chi connectivity index (χ0n) is 12.2. The van der Waals surface area contributed by atoms with E-state index in [0.29, 0.717) is 35.0 Å². The molecule has 0 aliphatic carbocycles. The van der Waals surface area contributed by atoms with Gasteiger partial charge in [-0.3, -0.25) is 4.79 Å². The fraction of sp³-hybridized carbons (Fsp3) is 0.267. The number of carboxylic acid groups (broad SMARTS) is 1. The highest BCUT2D eigenvalue weighted by Crippen LogP contribution is 2.28. The van der Waals surface area contributed by atoms with Crippen LogP contribution in [0.2, 0.25) is 5.02 Å². The molecule has 2 amide bonds. The lowest BCUT2D eigenvalue weighted by Crippen LogP contribution is -2.48. The molecule has 0 atom stereocenters. The van der Waals surface area contributed by atoms with Crippen LogP contribution in [0.4, 0.5) is 10.6 Å². The third-order valence-electron chi connectivity index (χ3n) is 3.62. The summed E-state index contributed by atoms with van der Waals surface area (Å²) in [6.07, 6.45) is -1.11. The highest BCUT2D eigenvalue weighted by Gasteiger charge is 2.21. The first-order valence-electron chi connectivity index (χ1n) is 7.11. The molecule has 1 fully saturated rings. The van der Waals surface area contributed by atoms with Gasteiger partial charge in [0.1, 0.15) is 5.82 Å². The molecule has 8 heteroatoms. The van der Waals surface area contributed by atoms with Gasteiger partial charge in [-0.25, -0.2) is 9.78 Å². The maximum Gasteiger partial charge on any atom is 0.404 e. The number of halogens is 1. The Morgan fingerprint density at radius 2 is 2.30 bits per heavy atom. The van der Waals surface area contributed by atoms with Gasteiger partial charge in [-0.2, -0.15) is 0 Å². The number of nitrogens with zero attached hydrogens (tertiary/aromatic N) is 2. The zero-order chi connectivity index (χ0) is 16.4. The summed E-state index contributed by atoms with van der Waals surface area (Å²) >= 11 is 6.21. The van der Waals surface area contributed by atoms with Crippen molar-refractivity contribution in [1.82, 2.24) is 15.6 Å². The third kappa shape index (κ3) is 3.29. The summed E-state index contributed by atoms with van der Waals surface area (Å²) in [5.74, 6) is 0.489. The molecule has 3 rings (SSSR count). The van der Waals surface area contributed by atoms with E-state index in [0.717, 1.165) is 5.39 Å². The fourth-order valence-electron chi connectivity index (χ4n) is 2.59. The maximum atomic E-state index is 11.6. The van der Waals surface area contributed by atoms with Gasteiger partial charge >= 0.3 is 6.09 Å². The number of benzene rings is 1. The number of carbonyl (C=O) groups is 2. The number of fused-ring (bicyclic) bond motifs is 1. The van der Waals surface area contributed by atoms with Gasteiger partial charge < -0.3 is 20.6 Å². The van der Waals surface area contributed by atoms with Gasteiger partial charge in [0.05, 0.1) is 17.1 Å². The van der Waals surface area contributed by atoms with E-state index in [9.17, 15) is 9.59 Å². The number of para-hydroxylation sites is 1. The number of amides is 2. The van der Waals surface area contributed by atoms with Gasteiger partial charge in [0.15, 0.2) is 0 Å². The number of anilines is 1. The van der Waals surface area contributed by atoms with Crippen LogP contribution in [-0.2, 0) is 11.3 Å². The lowest BCUT2D eigenvalue weighted by atomic mass is 10.1. The second-order valence-corrected chi connectivity index (χ2v) is 5.62. The van der Waals surface area contributed by atoms with E-state index in [-0.39, 0.29) is 19.0 Å². The van der Waals surface area contributed by atoms with Gasteiger partial charge in [-0.05, 0) is 12.1 Å². The molecule has 1 aliphatic rings. The Morgan fingerprint density at radius 1 is 1.48 bits per heavy atom. The SMILES string of the molecule is O=C(O)NCc1cc2cccc(Cl)c2nc1N1CCNC(=O)C1. The Bertz CT molecular complexity index is 781. The maximum absolute atomic E-state index is 11.6. The molecular weight excluding hydrogens is 320 g/mol. The Balaban J connectivity index is 2.07. The molecule has 0 radical (unpaired) electrons. The number of aromatic nitrogens is 1. The number of piperazine rings is 1. The van der Waals surface area contributed by atoms with E-state index in [2.05, 4.69) is 15.6 Å². The average molecular weight is 335 g/mol. The van der Waals surface area contributed by atoms with Crippen molar-refractivity contribution in [2.24, 2.45) is 0 Å². The fourth-order valence-corrected chi connectivity index (χ4v) is 2.81. The molecule has 1 saturated heterocycles. The van der Waals surface area contributed by atoms with Crippen molar-refractivity contribution >= 4 is 40.3 Å². The van der Waals surface area contributed by atoms with E-state index in [4.69, 9.17) is 16.7 Å². The molecule has 7 nitrogen and oxygen atoms in total. The zero-order valence-corrected chi connectivity index (χ0v) is 12.9. The number of hydrogen-bond donors (Lipinski definition) is 3.